The van der Waals surface area contributed by atoms with Crippen molar-refractivity contribution in [1.29, 1.82) is 0 Å². The van der Waals surface area contributed by atoms with E-state index < -0.39 is 5.97 Å². The normalized spacial score (nSPS) is 9.47. The van der Waals surface area contributed by atoms with Crippen LogP contribution in [0, 0.1) is 0 Å². The van der Waals surface area contributed by atoms with Crippen LogP contribution >= 0.6 is 0 Å². The molecule has 0 fully saturated rings. The van der Waals surface area contributed by atoms with Gasteiger partial charge in [-0.05, 0) is 24.1 Å². The molecule has 2 N–H and O–H groups in total. The van der Waals surface area contributed by atoms with Gasteiger partial charge in [0.2, 0.25) is 0 Å². The van der Waals surface area contributed by atoms with Crippen LogP contribution in [0.3, 0.4) is 0 Å². The summed E-state index contributed by atoms with van der Waals surface area (Å²) in [5.74, 6) is -0.905. The van der Waals surface area contributed by atoms with Crippen LogP contribution in [0.5, 0.6) is 0 Å². The minimum absolute atomic E-state index is 0. The van der Waals surface area contributed by atoms with Crippen LogP contribution in [0.15, 0.2) is 54.6 Å². The molecule has 0 unspecified atom stereocenters. The molecule has 0 saturated heterocycles. The fourth-order valence-electron chi connectivity index (χ4n) is 1.81. The zero-order valence-corrected chi connectivity index (χ0v) is 9.97. The van der Waals surface area contributed by atoms with E-state index in [-0.39, 0.29) is 29.6 Å². The third kappa shape index (κ3) is 4.71. The molecular formula is C15H16NNaO2. The van der Waals surface area contributed by atoms with Gasteiger partial charge in [-0.25, -0.2) is 4.79 Å². The molecule has 4 heteroatoms. The predicted octanol–water partition coefficient (Wildman–Crippen LogP) is 2.39. The first-order valence-electron chi connectivity index (χ1n) is 5.87. The van der Waals surface area contributed by atoms with E-state index in [1.165, 1.54) is 5.56 Å². The van der Waals surface area contributed by atoms with E-state index in [1.54, 1.807) is 18.2 Å². The average molecular weight is 265 g/mol. The quantitative estimate of drug-likeness (QED) is 0.816. The SMILES string of the molecule is O=C(O)c1ccccc1NCCc1ccccc1.[NaH]. The fraction of sp³-hybridized carbons (Fsp3) is 0.133. The molecule has 0 aliphatic carbocycles. The monoisotopic (exact) mass is 265 g/mol. The standard InChI is InChI=1S/C15H15NO2.Na.H/c17-15(18)13-8-4-5-9-14(13)16-11-10-12-6-2-1-3-7-12;;/h1-9,16H,10-11H2,(H,17,18);;. The molecule has 0 spiro atoms. The molecule has 0 aromatic heterocycles. The Labute approximate surface area is 135 Å². The molecule has 94 valence electrons. The maximum absolute atomic E-state index is 11.0. The van der Waals surface area contributed by atoms with Gasteiger partial charge in [0.05, 0.1) is 5.56 Å². The van der Waals surface area contributed by atoms with Gasteiger partial charge in [-0.15, -0.1) is 0 Å². The summed E-state index contributed by atoms with van der Waals surface area (Å²) in [4.78, 5) is 11.0. The number of rotatable bonds is 5. The molecule has 0 atom stereocenters. The number of carboxylic acids is 1. The summed E-state index contributed by atoms with van der Waals surface area (Å²) < 4.78 is 0. The molecule has 2 aromatic rings. The van der Waals surface area contributed by atoms with Crippen molar-refractivity contribution in [3.8, 4) is 0 Å². The van der Waals surface area contributed by atoms with E-state index in [9.17, 15) is 4.79 Å². The number of benzene rings is 2. The van der Waals surface area contributed by atoms with E-state index in [1.807, 2.05) is 24.3 Å². The van der Waals surface area contributed by atoms with Gasteiger partial charge in [-0.3, -0.25) is 0 Å². The van der Waals surface area contributed by atoms with Crippen molar-refractivity contribution in [3.63, 3.8) is 0 Å². The van der Waals surface area contributed by atoms with Crippen LogP contribution in [0.1, 0.15) is 15.9 Å². The molecule has 0 heterocycles. The Morgan fingerprint density at radius 2 is 1.63 bits per heavy atom. The zero-order chi connectivity index (χ0) is 12.8. The van der Waals surface area contributed by atoms with E-state index >= 15 is 0 Å². The van der Waals surface area contributed by atoms with Crippen LogP contribution in [0.2, 0.25) is 0 Å². The van der Waals surface area contributed by atoms with Crippen molar-refractivity contribution in [1.82, 2.24) is 0 Å². The topological polar surface area (TPSA) is 49.3 Å². The number of hydrogen-bond acceptors (Lipinski definition) is 2. The summed E-state index contributed by atoms with van der Waals surface area (Å²) in [6, 6.07) is 17.1. The Balaban J connectivity index is 0.00000180. The number of hydrogen-bond donors (Lipinski definition) is 2. The molecule has 2 aromatic carbocycles. The Morgan fingerprint density at radius 3 is 2.32 bits per heavy atom. The number of nitrogens with one attached hydrogen (secondary N) is 1. The molecule has 0 aliphatic rings. The van der Waals surface area contributed by atoms with Crippen molar-refractivity contribution >= 4 is 41.2 Å². The molecule has 3 nitrogen and oxygen atoms in total. The first-order chi connectivity index (χ1) is 8.77. The second kappa shape index (κ2) is 8.00. The second-order valence-electron chi connectivity index (χ2n) is 4.01. The van der Waals surface area contributed by atoms with Gasteiger partial charge < -0.3 is 10.4 Å². The maximum atomic E-state index is 11.0. The molecule has 0 aliphatic heterocycles. The predicted molar refractivity (Wildman–Crippen MR) is 79.2 cm³/mol. The molecule has 0 radical (unpaired) electrons. The molecule has 0 amide bonds. The van der Waals surface area contributed by atoms with Gasteiger partial charge in [0, 0.05) is 12.2 Å². The van der Waals surface area contributed by atoms with E-state index in [2.05, 4.69) is 17.4 Å². The summed E-state index contributed by atoms with van der Waals surface area (Å²) in [5, 5.41) is 12.2. The van der Waals surface area contributed by atoms with Crippen LogP contribution in [-0.4, -0.2) is 47.2 Å². The minimum atomic E-state index is -0.905. The Hall–Kier alpha value is -1.29. The number of carboxylic acid groups (broad SMARTS) is 1. The van der Waals surface area contributed by atoms with Gasteiger partial charge >= 0.3 is 35.5 Å². The summed E-state index contributed by atoms with van der Waals surface area (Å²) in [6.45, 7) is 0.717. The number of aromatic carboxylic acids is 1. The summed E-state index contributed by atoms with van der Waals surface area (Å²) in [5.41, 5.74) is 2.21. The Kier molecular flexibility index (Phi) is 6.64. The molecule has 19 heavy (non-hydrogen) atoms. The average Bonchev–Trinajstić information content (AvgIpc) is 2.40. The van der Waals surface area contributed by atoms with Crippen molar-refractivity contribution in [2.45, 2.75) is 6.42 Å². The van der Waals surface area contributed by atoms with Crippen molar-refractivity contribution in [2.75, 3.05) is 11.9 Å². The van der Waals surface area contributed by atoms with Crippen LogP contribution in [0.4, 0.5) is 5.69 Å². The Bertz CT molecular complexity index is 529. The van der Waals surface area contributed by atoms with Gasteiger partial charge in [0.25, 0.3) is 0 Å². The van der Waals surface area contributed by atoms with Crippen molar-refractivity contribution in [2.24, 2.45) is 0 Å². The van der Waals surface area contributed by atoms with Crippen LogP contribution < -0.4 is 5.32 Å². The summed E-state index contributed by atoms with van der Waals surface area (Å²) in [6.07, 6.45) is 0.870. The second-order valence-corrected chi connectivity index (χ2v) is 4.01. The fourth-order valence-corrected chi connectivity index (χ4v) is 1.81. The van der Waals surface area contributed by atoms with Gasteiger partial charge in [-0.2, -0.15) is 0 Å². The molecular weight excluding hydrogens is 249 g/mol. The first-order valence-corrected chi connectivity index (χ1v) is 5.87. The zero-order valence-electron chi connectivity index (χ0n) is 9.97. The number of carbonyl (C=O) groups is 1. The number of anilines is 1. The van der Waals surface area contributed by atoms with Gasteiger partial charge in [-0.1, -0.05) is 42.5 Å². The van der Waals surface area contributed by atoms with Gasteiger partial charge in [0.1, 0.15) is 0 Å². The van der Waals surface area contributed by atoms with Crippen LogP contribution in [-0.2, 0) is 6.42 Å². The van der Waals surface area contributed by atoms with E-state index in [0.29, 0.717) is 17.8 Å². The van der Waals surface area contributed by atoms with Crippen molar-refractivity contribution in [3.05, 3.63) is 65.7 Å². The van der Waals surface area contributed by atoms with Gasteiger partial charge in [0.15, 0.2) is 0 Å². The Morgan fingerprint density at radius 1 is 1.00 bits per heavy atom. The molecule has 0 bridgehead atoms. The molecule has 2 rings (SSSR count). The first kappa shape index (κ1) is 15.8. The van der Waals surface area contributed by atoms with E-state index in [0.717, 1.165) is 6.42 Å². The third-order valence-electron chi connectivity index (χ3n) is 2.73. The van der Waals surface area contributed by atoms with Crippen LogP contribution in [0.25, 0.3) is 0 Å². The summed E-state index contributed by atoms with van der Waals surface area (Å²) >= 11 is 0. The molecule has 0 saturated carbocycles. The summed E-state index contributed by atoms with van der Waals surface area (Å²) in [7, 11) is 0. The van der Waals surface area contributed by atoms with E-state index in [4.69, 9.17) is 5.11 Å². The number of para-hydroxylation sites is 1. The van der Waals surface area contributed by atoms with Crippen molar-refractivity contribution < 1.29 is 9.90 Å². The third-order valence-corrected chi connectivity index (χ3v) is 2.73.